The lowest BCUT2D eigenvalue weighted by atomic mass is 10.0. The van der Waals surface area contributed by atoms with Gasteiger partial charge < -0.3 is 9.84 Å². The number of sulfone groups is 1. The van der Waals surface area contributed by atoms with Gasteiger partial charge in [0.25, 0.3) is 0 Å². The molecule has 1 heterocycles. The van der Waals surface area contributed by atoms with E-state index in [1.807, 2.05) is 31.2 Å². The van der Waals surface area contributed by atoms with Gasteiger partial charge in [-0.1, -0.05) is 24.3 Å². The topological polar surface area (TPSA) is 101 Å². The van der Waals surface area contributed by atoms with Crippen molar-refractivity contribution in [3.05, 3.63) is 35.9 Å². The molecule has 1 saturated heterocycles. The van der Waals surface area contributed by atoms with Crippen molar-refractivity contribution in [2.75, 3.05) is 17.7 Å². The van der Waals surface area contributed by atoms with Gasteiger partial charge in [0.05, 0.1) is 6.54 Å². The van der Waals surface area contributed by atoms with Crippen LogP contribution in [-0.2, 0) is 19.4 Å². The maximum absolute atomic E-state index is 12.1. The number of amides is 1. The van der Waals surface area contributed by atoms with E-state index in [-0.39, 0.29) is 13.0 Å². The van der Waals surface area contributed by atoms with Gasteiger partial charge in [-0.05, 0) is 31.5 Å². The summed E-state index contributed by atoms with van der Waals surface area (Å²) < 4.78 is 26.9. The highest BCUT2D eigenvalue weighted by molar-refractivity contribution is 7.92. The lowest BCUT2D eigenvalue weighted by molar-refractivity contribution is -0.140. The van der Waals surface area contributed by atoms with Crippen LogP contribution in [0.2, 0.25) is 0 Å². The highest BCUT2D eigenvalue weighted by Gasteiger charge is 2.48. The highest BCUT2D eigenvalue weighted by Crippen LogP contribution is 2.30. The third kappa shape index (κ3) is 3.84. The molecule has 0 aromatic heterocycles. The van der Waals surface area contributed by atoms with Crippen molar-refractivity contribution in [2.24, 2.45) is 0 Å². The first-order chi connectivity index (χ1) is 11.6. The number of carboxylic acid groups (broad SMARTS) is 1. The molecule has 7 nitrogen and oxygen atoms in total. The minimum atomic E-state index is -3.88. The van der Waals surface area contributed by atoms with Crippen LogP contribution < -0.4 is 4.90 Å². The molecule has 0 bridgehead atoms. The van der Waals surface area contributed by atoms with Gasteiger partial charge in [0.1, 0.15) is 6.10 Å². The van der Waals surface area contributed by atoms with E-state index in [1.165, 1.54) is 4.90 Å². The van der Waals surface area contributed by atoms with Crippen LogP contribution in [0, 0.1) is 0 Å². The van der Waals surface area contributed by atoms with Gasteiger partial charge in [0, 0.05) is 18.4 Å². The number of allylic oxidation sites excluding steroid dienone is 1. The number of hydrogen-bond acceptors (Lipinski definition) is 5. The van der Waals surface area contributed by atoms with Crippen LogP contribution in [0.25, 0.3) is 6.08 Å². The van der Waals surface area contributed by atoms with Crippen LogP contribution in [0.4, 0.5) is 10.5 Å². The molecule has 0 saturated carbocycles. The number of carbonyl (C=O) groups excluding carboxylic acids is 1. The van der Waals surface area contributed by atoms with E-state index in [1.54, 1.807) is 12.1 Å². The molecule has 0 spiro atoms. The van der Waals surface area contributed by atoms with Gasteiger partial charge in [0.15, 0.2) is 14.6 Å². The predicted molar refractivity (Wildman–Crippen MR) is 94.3 cm³/mol. The number of anilines is 1. The summed E-state index contributed by atoms with van der Waals surface area (Å²) >= 11 is 0. The largest absolute Gasteiger partial charge is 0.480 e. The molecule has 1 aliphatic rings. The fourth-order valence-corrected chi connectivity index (χ4v) is 3.43. The van der Waals surface area contributed by atoms with Crippen molar-refractivity contribution < 1.29 is 27.9 Å². The highest BCUT2D eigenvalue weighted by atomic mass is 32.2. The van der Waals surface area contributed by atoms with Crippen molar-refractivity contribution in [3.8, 4) is 0 Å². The Morgan fingerprint density at radius 2 is 2.00 bits per heavy atom. The molecule has 1 aliphatic heterocycles. The molecule has 1 fully saturated rings. The third-order valence-corrected chi connectivity index (χ3v) is 6.30. The summed E-state index contributed by atoms with van der Waals surface area (Å²) in [5.74, 6) is -1.46. The van der Waals surface area contributed by atoms with Gasteiger partial charge in [-0.15, -0.1) is 0 Å². The van der Waals surface area contributed by atoms with Gasteiger partial charge >= 0.3 is 12.1 Å². The molecule has 0 radical (unpaired) electrons. The molecule has 0 aliphatic carbocycles. The van der Waals surface area contributed by atoms with Crippen LogP contribution in [-0.4, -0.2) is 49.2 Å². The third-order valence-electron chi connectivity index (χ3n) is 4.33. The molecular weight excluding hydrogens is 346 g/mol. The van der Waals surface area contributed by atoms with E-state index in [0.29, 0.717) is 5.69 Å². The number of aliphatic carboxylic acids is 1. The Bertz CT molecular complexity index is 799. The first kappa shape index (κ1) is 19.0. The maximum Gasteiger partial charge on any atom is 0.414 e. The molecule has 136 valence electrons. The van der Waals surface area contributed by atoms with Crippen LogP contribution >= 0.6 is 0 Å². The zero-order chi connectivity index (χ0) is 18.8. The minimum absolute atomic E-state index is 0.0974. The van der Waals surface area contributed by atoms with Crippen LogP contribution in [0.15, 0.2) is 30.3 Å². The van der Waals surface area contributed by atoms with Gasteiger partial charge in [-0.2, -0.15) is 0 Å². The van der Waals surface area contributed by atoms with Gasteiger partial charge in [-0.25, -0.2) is 13.2 Å². The summed E-state index contributed by atoms with van der Waals surface area (Å²) in [5, 5.41) is 9.32. The summed E-state index contributed by atoms with van der Waals surface area (Å²) in [6, 6.07) is 7.19. The number of carboxylic acids is 1. The van der Waals surface area contributed by atoms with E-state index < -0.39 is 32.8 Å². The van der Waals surface area contributed by atoms with Crippen molar-refractivity contribution in [1.29, 1.82) is 0 Å². The van der Waals surface area contributed by atoms with Gasteiger partial charge in [0.2, 0.25) is 0 Å². The molecule has 2 atom stereocenters. The number of benzene rings is 1. The van der Waals surface area contributed by atoms with E-state index >= 15 is 0 Å². The number of hydrogen-bond donors (Lipinski definition) is 1. The van der Waals surface area contributed by atoms with E-state index in [2.05, 4.69) is 0 Å². The fourth-order valence-electron chi connectivity index (χ4n) is 2.63. The Hall–Kier alpha value is -2.35. The number of ether oxygens (including phenoxy) is 1. The second-order valence-electron chi connectivity index (χ2n) is 6.22. The van der Waals surface area contributed by atoms with Crippen LogP contribution in [0.3, 0.4) is 0 Å². The van der Waals surface area contributed by atoms with Gasteiger partial charge in [-0.3, -0.25) is 9.69 Å². The molecule has 1 amide bonds. The Labute approximate surface area is 146 Å². The van der Waals surface area contributed by atoms with Crippen molar-refractivity contribution in [1.82, 2.24) is 0 Å². The zero-order valence-electron chi connectivity index (χ0n) is 14.3. The fraction of sp³-hybridized carbons (Fsp3) is 0.412. The molecule has 1 aromatic rings. The summed E-state index contributed by atoms with van der Waals surface area (Å²) in [5.41, 5.74) is 1.59. The average Bonchev–Trinajstić information content (AvgIpc) is 2.87. The first-order valence-electron chi connectivity index (χ1n) is 7.72. The number of carbonyl (C=O) groups is 2. The number of rotatable bonds is 6. The predicted octanol–water partition coefficient (Wildman–Crippen LogP) is 2.32. The Balaban J connectivity index is 2.18. The number of cyclic esters (lactones) is 1. The summed E-state index contributed by atoms with van der Waals surface area (Å²) in [6.07, 6.45) is 2.94. The molecule has 2 rings (SSSR count). The normalized spacial score (nSPS) is 20.5. The second kappa shape index (κ2) is 6.87. The molecule has 1 aromatic carbocycles. The smallest absolute Gasteiger partial charge is 0.414 e. The maximum atomic E-state index is 12.1. The van der Waals surface area contributed by atoms with Crippen molar-refractivity contribution in [3.63, 3.8) is 0 Å². The Morgan fingerprint density at radius 1 is 1.40 bits per heavy atom. The lowest BCUT2D eigenvalue weighted by Gasteiger charge is -2.24. The van der Waals surface area contributed by atoms with E-state index in [9.17, 15) is 23.1 Å². The summed E-state index contributed by atoms with van der Waals surface area (Å²) in [6.45, 7) is 3.13. The lowest BCUT2D eigenvalue weighted by Crippen LogP contribution is -2.46. The average molecular weight is 367 g/mol. The molecule has 25 heavy (non-hydrogen) atoms. The summed E-state index contributed by atoms with van der Waals surface area (Å²) in [4.78, 5) is 24.9. The number of nitrogens with zero attached hydrogens (tertiary/aromatic N) is 1. The van der Waals surface area contributed by atoms with Crippen molar-refractivity contribution in [2.45, 2.75) is 31.1 Å². The SMILES string of the molecule is C/C=C/c1ccc(N2C[C@H](C[C@](C)(C(=O)O)S(C)(=O)=O)OC2=O)cc1. The summed E-state index contributed by atoms with van der Waals surface area (Å²) in [7, 11) is -3.88. The van der Waals surface area contributed by atoms with Crippen LogP contribution in [0.1, 0.15) is 25.8 Å². The zero-order valence-corrected chi connectivity index (χ0v) is 15.1. The monoisotopic (exact) mass is 367 g/mol. The molecular formula is C17H21NO6S. The minimum Gasteiger partial charge on any atom is -0.480 e. The Morgan fingerprint density at radius 3 is 2.48 bits per heavy atom. The molecule has 0 unspecified atom stereocenters. The first-order valence-corrected chi connectivity index (χ1v) is 9.61. The van der Waals surface area contributed by atoms with Crippen molar-refractivity contribution >= 4 is 33.7 Å². The molecule has 8 heteroatoms. The Kier molecular flexibility index (Phi) is 5.22. The van der Waals surface area contributed by atoms with Crippen LogP contribution in [0.5, 0.6) is 0 Å². The standard InChI is InChI=1S/C17H21NO6S/c1-4-5-12-6-8-13(9-7-12)18-11-14(24-16(18)21)10-17(2,15(19)20)25(3,22)23/h4-9,14H,10-11H2,1-3H3,(H,19,20)/b5-4+/t14-,17+/m0/s1. The van der Waals surface area contributed by atoms with E-state index in [4.69, 9.17) is 4.74 Å². The second-order valence-corrected chi connectivity index (χ2v) is 8.67. The quantitative estimate of drug-likeness (QED) is 0.828. The molecule has 1 N–H and O–H groups in total. The van der Waals surface area contributed by atoms with E-state index in [0.717, 1.165) is 18.7 Å².